The summed E-state index contributed by atoms with van der Waals surface area (Å²) in [5, 5.41) is 0. The van der Waals surface area contributed by atoms with Gasteiger partial charge in [0.2, 0.25) is 0 Å². The van der Waals surface area contributed by atoms with Crippen LogP contribution < -0.4 is 0 Å². The summed E-state index contributed by atoms with van der Waals surface area (Å²) in [4.78, 5) is 0. The predicted molar refractivity (Wildman–Crippen MR) is 77.1 cm³/mol. The van der Waals surface area contributed by atoms with Crippen molar-refractivity contribution in [2.24, 2.45) is 0 Å². The van der Waals surface area contributed by atoms with Crippen LogP contribution in [0, 0.1) is 0 Å². The van der Waals surface area contributed by atoms with Crippen molar-refractivity contribution < 1.29 is 34.1 Å². The van der Waals surface area contributed by atoms with Crippen molar-refractivity contribution in [2.75, 3.05) is 81.3 Å². The molecule has 0 aromatic carbocycles. The Labute approximate surface area is 130 Å². The van der Waals surface area contributed by atoms with Crippen LogP contribution in [0.3, 0.4) is 0 Å². The summed E-state index contributed by atoms with van der Waals surface area (Å²) in [6.07, 6.45) is 0. The lowest BCUT2D eigenvalue weighted by molar-refractivity contribution is -0.0616. The molecule has 0 bridgehead atoms. The first kappa shape index (κ1) is 21.2. The molecule has 0 radical (unpaired) electrons. The zero-order chi connectivity index (χ0) is 15.8. The van der Waals surface area contributed by atoms with Crippen molar-refractivity contribution in [3.63, 3.8) is 0 Å². The van der Waals surface area contributed by atoms with E-state index in [1.54, 1.807) is 28.4 Å². The average Bonchev–Trinajstić information content (AvgIpc) is 2.48. The minimum Gasteiger partial charge on any atom is -0.585 e. The van der Waals surface area contributed by atoms with Crippen molar-refractivity contribution in [1.82, 2.24) is 0 Å². The molecule has 128 valence electrons. The molecule has 21 heavy (non-hydrogen) atoms. The second-order valence-corrected chi connectivity index (χ2v) is 6.52. The van der Waals surface area contributed by atoms with Crippen molar-refractivity contribution in [2.45, 2.75) is 0 Å². The summed E-state index contributed by atoms with van der Waals surface area (Å²) in [5.41, 5.74) is 0. The van der Waals surface area contributed by atoms with E-state index < -0.39 is 14.4 Å². The van der Waals surface area contributed by atoms with Crippen LogP contribution in [0.1, 0.15) is 0 Å². The number of ether oxygens (including phenoxy) is 4. The van der Waals surface area contributed by atoms with E-state index >= 15 is 0 Å². The zero-order valence-electron chi connectivity index (χ0n) is 13.5. The molecule has 0 aliphatic rings. The minimum atomic E-state index is -3.59. The molecule has 0 aliphatic heterocycles. The normalized spacial score (nSPS) is 12.0. The molecule has 0 amide bonds. The summed E-state index contributed by atoms with van der Waals surface area (Å²) in [5.74, 6) is 0. The number of hydrogen-bond acceptors (Lipinski definition) is 8. The summed E-state index contributed by atoms with van der Waals surface area (Å²) < 4.78 is 42.8. The van der Waals surface area contributed by atoms with Gasteiger partial charge in [-0.2, -0.15) is 0 Å². The Bertz CT molecular complexity index is 174. The largest absolute Gasteiger partial charge is 0.875 e. The molecule has 0 unspecified atom stereocenters. The Morgan fingerprint density at radius 2 is 0.667 bits per heavy atom. The van der Waals surface area contributed by atoms with Crippen LogP contribution >= 0.6 is 0 Å². The Morgan fingerprint density at radius 3 is 0.857 bits per heavy atom. The second kappa shape index (κ2) is 15.1. The topological polar surface area (TPSA) is 73.8 Å². The van der Waals surface area contributed by atoms with Crippen LogP contribution in [0.25, 0.3) is 0 Å². The van der Waals surface area contributed by atoms with E-state index in [4.69, 9.17) is 34.1 Å². The molecule has 0 spiro atoms. The summed E-state index contributed by atoms with van der Waals surface area (Å²) in [7, 11) is 6.39. The first-order valence-electron chi connectivity index (χ1n) is 6.89. The van der Waals surface area contributed by atoms with Crippen LogP contribution in [0.4, 0.5) is 0 Å². The van der Waals surface area contributed by atoms with Gasteiger partial charge in [0.1, 0.15) is 0 Å². The number of hydrogen-bond donors (Lipinski definition) is 0. The van der Waals surface area contributed by atoms with Gasteiger partial charge in [0.25, 0.3) is 0 Å². The van der Waals surface area contributed by atoms with Gasteiger partial charge in [0.15, 0.2) is 0 Å². The van der Waals surface area contributed by atoms with Gasteiger partial charge in [-0.25, -0.2) is 0 Å². The predicted octanol–water partition coefficient (Wildman–Crippen LogP) is 0.0740. The highest BCUT2D eigenvalue weighted by molar-refractivity contribution is 6.53. The van der Waals surface area contributed by atoms with Gasteiger partial charge in [-0.1, -0.05) is 0 Å². The van der Waals surface area contributed by atoms with Crippen LogP contribution in [0.15, 0.2) is 0 Å². The minimum absolute atomic E-state index is 0.327. The Balaban J connectivity index is 4.52. The van der Waals surface area contributed by atoms with Crippen molar-refractivity contribution >= 4 is 14.4 Å². The van der Waals surface area contributed by atoms with Crippen LogP contribution in [0.2, 0.25) is 0 Å². The summed E-state index contributed by atoms with van der Waals surface area (Å²) >= 11 is -3.59. The molecule has 0 saturated carbocycles. The van der Waals surface area contributed by atoms with Gasteiger partial charge < -0.3 is 34.1 Å². The fourth-order valence-corrected chi connectivity index (χ4v) is 3.51. The molecule has 0 N–H and O–H groups in total. The Morgan fingerprint density at radius 1 is 0.429 bits per heavy atom. The molecule has 0 saturated heterocycles. The standard InChI is InChI=1S/4C3H7O2.Al/c4*1-5-3-2-4;/h4*2-3H2,1H3;/q4*-1;+3. The fourth-order valence-electron chi connectivity index (χ4n) is 1.39. The monoisotopic (exact) mass is 327 g/mol. The summed E-state index contributed by atoms with van der Waals surface area (Å²) in [6.45, 7) is 3.02. The summed E-state index contributed by atoms with van der Waals surface area (Å²) in [6, 6.07) is 0. The molecule has 0 heterocycles. The molecule has 0 aromatic rings. The van der Waals surface area contributed by atoms with E-state index in [1.165, 1.54) is 0 Å². The smallest absolute Gasteiger partial charge is 0.585 e. The molecule has 0 aromatic heterocycles. The van der Waals surface area contributed by atoms with Gasteiger partial charge >= 0.3 is 14.4 Å². The molecule has 0 atom stereocenters. The first-order valence-corrected chi connectivity index (χ1v) is 8.77. The van der Waals surface area contributed by atoms with Crippen LogP contribution in [0.5, 0.6) is 0 Å². The average molecular weight is 327 g/mol. The highest BCUT2D eigenvalue weighted by atomic mass is 27.3. The molecular formula is C12H28AlO8-. The molecule has 8 nitrogen and oxygen atoms in total. The second-order valence-electron chi connectivity index (χ2n) is 4.03. The zero-order valence-corrected chi connectivity index (χ0v) is 14.7. The van der Waals surface area contributed by atoms with E-state index in [2.05, 4.69) is 0 Å². The lowest BCUT2D eigenvalue weighted by Gasteiger charge is -2.37. The number of methoxy groups -OCH3 is 4. The third-order valence-corrected chi connectivity index (χ3v) is 5.01. The van der Waals surface area contributed by atoms with Crippen molar-refractivity contribution in [3.8, 4) is 0 Å². The van der Waals surface area contributed by atoms with Gasteiger partial charge in [0, 0.05) is 54.9 Å². The van der Waals surface area contributed by atoms with E-state index in [0.29, 0.717) is 52.9 Å². The van der Waals surface area contributed by atoms with E-state index in [0.717, 1.165) is 0 Å². The highest BCUT2D eigenvalue weighted by Gasteiger charge is 2.46. The molecule has 9 heteroatoms. The third kappa shape index (κ3) is 11.4. The van der Waals surface area contributed by atoms with Crippen LogP contribution in [-0.4, -0.2) is 95.7 Å². The van der Waals surface area contributed by atoms with E-state index in [1.807, 2.05) is 0 Å². The SMILES string of the molecule is COCC[O][Al-]([O]CCOC)([O]CCOC)[O]CCOC. The lowest BCUT2D eigenvalue weighted by atomic mass is 10.8. The van der Waals surface area contributed by atoms with E-state index in [-0.39, 0.29) is 0 Å². The Kier molecular flexibility index (Phi) is 15.3. The lowest BCUT2D eigenvalue weighted by Crippen LogP contribution is -2.51. The molecule has 0 aliphatic carbocycles. The molecule has 0 rings (SSSR count). The molecular weight excluding hydrogens is 299 g/mol. The maximum absolute atomic E-state index is 5.72. The number of rotatable bonds is 16. The van der Waals surface area contributed by atoms with E-state index in [9.17, 15) is 0 Å². The van der Waals surface area contributed by atoms with Gasteiger partial charge in [-0.15, -0.1) is 0 Å². The molecule has 0 fully saturated rings. The fraction of sp³-hybridized carbons (Fsp3) is 1.00. The maximum atomic E-state index is 5.72. The Hall–Kier alpha value is 0.212. The first-order chi connectivity index (χ1) is 10.2. The highest BCUT2D eigenvalue weighted by Crippen LogP contribution is 2.12. The van der Waals surface area contributed by atoms with Crippen molar-refractivity contribution in [1.29, 1.82) is 0 Å². The van der Waals surface area contributed by atoms with Gasteiger partial charge in [-0.05, 0) is 0 Å². The quantitative estimate of drug-likeness (QED) is 0.291. The van der Waals surface area contributed by atoms with Crippen LogP contribution in [-0.2, 0) is 34.1 Å². The third-order valence-electron chi connectivity index (χ3n) is 2.44. The van der Waals surface area contributed by atoms with Crippen molar-refractivity contribution in [3.05, 3.63) is 0 Å². The van der Waals surface area contributed by atoms with Gasteiger partial charge in [-0.3, -0.25) is 0 Å². The maximum Gasteiger partial charge on any atom is 0.875 e. The van der Waals surface area contributed by atoms with Gasteiger partial charge in [0.05, 0.1) is 26.4 Å².